The molecule has 1 aromatic heterocycles. The van der Waals surface area contributed by atoms with Crippen LogP contribution in [0.5, 0.6) is 5.75 Å². The summed E-state index contributed by atoms with van der Waals surface area (Å²) >= 11 is 1.47. The largest absolute Gasteiger partial charge is 0.489 e. The van der Waals surface area contributed by atoms with Crippen molar-refractivity contribution in [3.8, 4) is 5.75 Å². The van der Waals surface area contributed by atoms with Gasteiger partial charge in [0.05, 0.1) is 4.88 Å². The molecule has 3 rings (SSSR count). The Morgan fingerprint density at radius 3 is 2.57 bits per heavy atom. The third-order valence-electron chi connectivity index (χ3n) is 3.40. The van der Waals surface area contributed by atoms with Gasteiger partial charge in [-0.1, -0.05) is 18.2 Å². The van der Waals surface area contributed by atoms with Crippen LogP contribution in [0.4, 0.5) is 0 Å². The molecule has 0 bridgehead atoms. The molecule has 0 fully saturated rings. The molecule has 0 spiro atoms. The Labute approximate surface area is 137 Å². The molecule has 0 saturated heterocycles. The van der Waals surface area contributed by atoms with Crippen LogP contribution in [-0.2, 0) is 6.61 Å². The summed E-state index contributed by atoms with van der Waals surface area (Å²) in [5.74, 6) is 0.876. The third kappa shape index (κ3) is 3.32. The van der Waals surface area contributed by atoms with E-state index in [-0.39, 0.29) is 11.7 Å². The van der Waals surface area contributed by atoms with E-state index in [0.717, 1.165) is 26.3 Å². The molecule has 5 nitrogen and oxygen atoms in total. The fraction of sp³-hybridized carbons (Fsp3) is 0.0588. The monoisotopic (exact) mass is 324 g/mol. The van der Waals surface area contributed by atoms with E-state index in [1.165, 1.54) is 11.3 Å². The Bertz CT molecular complexity index is 900. The number of hydrogen-bond donors (Lipinski definition) is 4. The highest BCUT2D eigenvalue weighted by Crippen LogP contribution is 2.29. The number of thiophene rings is 1. The van der Waals surface area contributed by atoms with Gasteiger partial charge in [-0.05, 0) is 41.3 Å². The van der Waals surface area contributed by atoms with Crippen molar-refractivity contribution in [3.05, 3.63) is 64.5 Å². The lowest BCUT2D eigenvalue weighted by molar-refractivity contribution is 0.306. The fourth-order valence-corrected chi connectivity index (χ4v) is 3.18. The summed E-state index contributed by atoms with van der Waals surface area (Å²) in [6.07, 6.45) is 0. The lowest BCUT2D eigenvalue weighted by atomic mass is 10.1. The van der Waals surface area contributed by atoms with E-state index >= 15 is 0 Å². The maximum absolute atomic E-state index is 7.50. The van der Waals surface area contributed by atoms with Crippen LogP contribution in [0.15, 0.2) is 48.5 Å². The molecule has 0 atom stereocenters. The van der Waals surface area contributed by atoms with Gasteiger partial charge in [0, 0.05) is 10.3 Å². The van der Waals surface area contributed by atoms with E-state index in [9.17, 15) is 0 Å². The fourth-order valence-electron chi connectivity index (χ4n) is 2.23. The number of nitrogens with one attached hydrogen (secondary N) is 2. The van der Waals surface area contributed by atoms with E-state index in [0.29, 0.717) is 12.2 Å². The number of nitrogen functional groups attached to an aromatic ring is 2. The summed E-state index contributed by atoms with van der Waals surface area (Å²) in [6.45, 7) is 0.400. The average molecular weight is 324 g/mol. The first-order valence-electron chi connectivity index (χ1n) is 6.97. The SMILES string of the molecule is N=C(N)c1cccc(COc2ccc3cc(C(=N)N)sc3c2)c1. The first-order valence-corrected chi connectivity index (χ1v) is 7.79. The molecule has 0 radical (unpaired) electrons. The van der Waals surface area contributed by atoms with Crippen molar-refractivity contribution < 1.29 is 4.74 Å². The highest BCUT2D eigenvalue weighted by Gasteiger charge is 2.06. The summed E-state index contributed by atoms with van der Waals surface area (Å²) in [6, 6.07) is 15.1. The first-order chi connectivity index (χ1) is 11.0. The number of ether oxygens (including phenoxy) is 1. The van der Waals surface area contributed by atoms with Crippen molar-refractivity contribution >= 4 is 33.1 Å². The zero-order valence-corrected chi connectivity index (χ0v) is 13.1. The summed E-state index contributed by atoms with van der Waals surface area (Å²) in [7, 11) is 0. The number of hydrogen-bond acceptors (Lipinski definition) is 4. The van der Waals surface area contributed by atoms with Crippen LogP contribution >= 0.6 is 11.3 Å². The van der Waals surface area contributed by atoms with Gasteiger partial charge in [-0.3, -0.25) is 10.8 Å². The smallest absolute Gasteiger partial charge is 0.133 e. The standard InChI is InChI=1S/C17H16N4OS/c18-16(19)12-3-1-2-10(6-12)9-22-13-5-4-11-7-15(17(20)21)23-14(11)8-13/h1-8H,9H2,(H3,18,19)(H3,20,21). The van der Waals surface area contributed by atoms with E-state index in [4.69, 9.17) is 27.0 Å². The topological polar surface area (TPSA) is 109 Å². The molecule has 23 heavy (non-hydrogen) atoms. The molecule has 0 unspecified atom stereocenters. The van der Waals surface area contributed by atoms with Crippen LogP contribution in [0.3, 0.4) is 0 Å². The van der Waals surface area contributed by atoms with E-state index in [1.807, 2.05) is 42.5 Å². The Morgan fingerprint density at radius 1 is 1.00 bits per heavy atom. The predicted molar refractivity (Wildman–Crippen MR) is 94.6 cm³/mol. The Morgan fingerprint density at radius 2 is 1.83 bits per heavy atom. The zero-order valence-electron chi connectivity index (χ0n) is 12.3. The van der Waals surface area contributed by atoms with Gasteiger partial charge >= 0.3 is 0 Å². The second kappa shape index (κ2) is 6.10. The lowest BCUT2D eigenvalue weighted by Gasteiger charge is -2.07. The quantitative estimate of drug-likeness (QED) is 0.428. The summed E-state index contributed by atoms with van der Waals surface area (Å²) in [5, 5.41) is 16.0. The summed E-state index contributed by atoms with van der Waals surface area (Å²) in [5.41, 5.74) is 12.7. The van der Waals surface area contributed by atoms with Gasteiger partial charge in [-0.15, -0.1) is 11.3 Å². The molecule has 0 aliphatic carbocycles. The van der Waals surface area contributed by atoms with Crippen LogP contribution in [0, 0.1) is 10.8 Å². The van der Waals surface area contributed by atoms with Crippen molar-refractivity contribution in [2.75, 3.05) is 0 Å². The van der Waals surface area contributed by atoms with Crippen LogP contribution in [0.25, 0.3) is 10.1 Å². The van der Waals surface area contributed by atoms with Gasteiger partial charge in [-0.2, -0.15) is 0 Å². The normalized spacial score (nSPS) is 10.6. The van der Waals surface area contributed by atoms with Crippen molar-refractivity contribution in [1.29, 1.82) is 10.8 Å². The molecule has 3 aromatic rings. The van der Waals surface area contributed by atoms with E-state index < -0.39 is 0 Å². The van der Waals surface area contributed by atoms with E-state index in [1.54, 1.807) is 6.07 Å². The maximum Gasteiger partial charge on any atom is 0.133 e. The molecule has 0 aliphatic rings. The molecule has 1 heterocycles. The van der Waals surface area contributed by atoms with Crippen LogP contribution in [0.2, 0.25) is 0 Å². The van der Waals surface area contributed by atoms with Gasteiger partial charge in [0.15, 0.2) is 0 Å². The molecular formula is C17H16N4OS. The second-order valence-electron chi connectivity index (χ2n) is 5.13. The Kier molecular flexibility index (Phi) is 3.99. The molecule has 0 saturated carbocycles. The molecule has 116 valence electrons. The van der Waals surface area contributed by atoms with Crippen molar-refractivity contribution in [1.82, 2.24) is 0 Å². The highest BCUT2D eigenvalue weighted by atomic mass is 32.1. The molecule has 2 aromatic carbocycles. The molecule has 6 heteroatoms. The minimum absolute atomic E-state index is 0.0450. The van der Waals surface area contributed by atoms with Gasteiger partial charge in [0.25, 0.3) is 0 Å². The number of nitrogens with two attached hydrogens (primary N) is 2. The number of benzene rings is 2. The lowest BCUT2D eigenvalue weighted by Crippen LogP contribution is -2.11. The molecule has 0 aliphatic heterocycles. The summed E-state index contributed by atoms with van der Waals surface area (Å²) in [4.78, 5) is 0.756. The number of amidine groups is 2. The average Bonchev–Trinajstić information content (AvgIpc) is 2.96. The van der Waals surface area contributed by atoms with E-state index in [2.05, 4.69) is 0 Å². The van der Waals surface area contributed by atoms with Crippen molar-refractivity contribution in [3.63, 3.8) is 0 Å². The Hall–Kier alpha value is -2.86. The van der Waals surface area contributed by atoms with Gasteiger partial charge in [0.1, 0.15) is 24.0 Å². The highest BCUT2D eigenvalue weighted by molar-refractivity contribution is 7.20. The van der Waals surface area contributed by atoms with Crippen molar-refractivity contribution in [2.45, 2.75) is 6.61 Å². The zero-order chi connectivity index (χ0) is 16.4. The van der Waals surface area contributed by atoms with Gasteiger partial charge in [-0.25, -0.2) is 0 Å². The minimum atomic E-state index is 0.0450. The van der Waals surface area contributed by atoms with Crippen molar-refractivity contribution in [2.24, 2.45) is 11.5 Å². The maximum atomic E-state index is 7.50. The summed E-state index contributed by atoms with van der Waals surface area (Å²) < 4.78 is 6.85. The number of rotatable bonds is 5. The third-order valence-corrected chi connectivity index (χ3v) is 4.53. The van der Waals surface area contributed by atoms with Crippen LogP contribution < -0.4 is 16.2 Å². The Balaban J connectivity index is 1.77. The first kappa shape index (κ1) is 15.1. The van der Waals surface area contributed by atoms with Gasteiger partial charge < -0.3 is 16.2 Å². The molecule has 0 amide bonds. The minimum Gasteiger partial charge on any atom is -0.489 e. The number of fused-ring (bicyclic) bond motifs is 1. The van der Waals surface area contributed by atoms with Gasteiger partial charge in [0.2, 0.25) is 0 Å². The molecular weight excluding hydrogens is 308 g/mol. The van der Waals surface area contributed by atoms with Crippen LogP contribution in [-0.4, -0.2) is 11.7 Å². The van der Waals surface area contributed by atoms with Crippen LogP contribution in [0.1, 0.15) is 16.0 Å². The molecule has 6 N–H and O–H groups in total. The predicted octanol–water partition coefficient (Wildman–Crippen LogP) is 3.05. The second-order valence-corrected chi connectivity index (χ2v) is 6.21.